The summed E-state index contributed by atoms with van der Waals surface area (Å²) in [6.45, 7) is 1.81. The van der Waals surface area contributed by atoms with Crippen LogP contribution in [0.5, 0.6) is 0 Å². The molecule has 0 amide bonds. The Morgan fingerprint density at radius 2 is 1.40 bits per heavy atom. The van der Waals surface area contributed by atoms with E-state index in [1.54, 1.807) is 18.2 Å². The third-order valence-electron chi connectivity index (χ3n) is 4.10. The molecular formula is C19H17ClF4O. The number of carbonyl (C=O) groups is 1. The summed E-state index contributed by atoms with van der Waals surface area (Å²) < 4.78 is 56.6. The lowest BCUT2D eigenvalue weighted by atomic mass is 9.97. The van der Waals surface area contributed by atoms with E-state index in [1.165, 1.54) is 6.07 Å². The fourth-order valence-electron chi connectivity index (χ4n) is 2.70. The molecule has 134 valence electrons. The maximum atomic E-state index is 14.2. The SMILES string of the molecule is CCCCc1c(F)c(F)c(CCc2ccccc2C(=O)Cl)c(F)c1F. The first-order chi connectivity index (χ1) is 11.9. The Morgan fingerprint density at radius 3 is 1.92 bits per heavy atom. The Balaban J connectivity index is 2.34. The van der Waals surface area contributed by atoms with Crippen LogP contribution in [0.2, 0.25) is 0 Å². The largest absolute Gasteiger partial charge is 0.276 e. The minimum absolute atomic E-state index is 0.0235. The predicted molar refractivity (Wildman–Crippen MR) is 88.9 cm³/mol. The molecular weight excluding hydrogens is 356 g/mol. The number of aryl methyl sites for hydroxylation is 1. The molecule has 0 aliphatic rings. The van der Waals surface area contributed by atoms with Gasteiger partial charge in [0.15, 0.2) is 23.3 Å². The monoisotopic (exact) mass is 372 g/mol. The maximum absolute atomic E-state index is 14.2. The van der Waals surface area contributed by atoms with Crippen molar-refractivity contribution in [1.29, 1.82) is 0 Å². The van der Waals surface area contributed by atoms with Crippen LogP contribution in [0.4, 0.5) is 17.6 Å². The van der Waals surface area contributed by atoms with Crippen molar-refractivity contribution in [1.82, 2.24) is 0 Å². The van der Waals surface area contributed by atoms with Crippen LogP contribution in [-0.2, 0) is 19.3 Å². The number of carbonyl (C=O) groups excluding carboxylic acids is 1. The molecule has 6 heteroatoms. The third-order valence-corrected chi connectivity index (χ3v) is 4.30. The van der Waals surface area contributed by atoms with E-state index in [2.05, 4.69) is 0 Å². The number of hydrogen-bond acceptors (Lipinski definition) is 1. The van der Waals surface area contributed by atoms with E-state index in [1.807, 2.05) is 6.92 Å². The predicted octanol–water partition coefficient (Wildman–Crippen LogP) is 5.75. The molecule has 0 radical (unpaired) electrons. The summed E-state index contributed by atoms with van der Waals surface area (Å²) >= 11 is 5.47. The average molecular weight is 373 g/mol. The lowest BCUT2D eigenvalue weighted by Gasteiger charge is -2.12. The molecule has 0 N–H and O–H groups in total. The number of unbranched alkanes of at least 4 members (excludes halogenated alkanes) is 1. The van der Waals surface area contributed by atoms with Crippen LogP contribution < -0.4 is 0 Å². The van der Waals surface area contributed by atoms with Crippen LogP contribution in [-0.4, -0.2) is 5.24 Å². The highest BCUT2D eigenvalue weighted by Gasteiger charge is 2.24. The van der Waals surface area contributed by atoms with Crippen LogP contribution in [0.15, 0.2) is 24.3 Å². The molecule has 0 unspecified atom stereocenters. The first-order valence-electron chi connectivity index (χ1n) is 7.99. The normalized spacial score (nSPS) is 11.0. The van der Waals surface area contributed by atoms with Gasteiger partial charge in [-0.25, -0.2) is 17.6 Å². The number of hydrogen-bond donors (Lipinski definition) is 0. The molecule has 25 heavy (non-hydrogen) atoms. The molecule has 0 aromatic heterocycles. The molecule has 0 bridgehead atoms. The number of halogens is 5. The Bertz CT molecular complexity index is 760. The molecule has 0 aliphatic carbocycles. The first kappa shape index (κ1) is 19.4. The summed E-state index contributed by atoms with van der Waals surface area (Å²) in [5.41, 5.74) is -0.563. The Labute approximate surface area is 148 Å². The van der Waals surface area contributed by atoms with Crippen molar-refractivity contribution < 1.29 is 22.4 Å². The fourth-order valence-corrected chi connectivity index (χ4v) is 2.89. The van der Waals surface area contributed by atoms with Crippen LogP contribution in [0.25, 0.3) is 0 Å². The molecule has 0 atom stereocenters. The number of rotatable bonds is 7. The molecule has 2 aromatic rings. The van der Waals surface area contributed by atoms with Gasteiger partial charge in [-0.15, -0.1) is 0 Å². The summed E-state index contributed by atoms with van der Waals surface area (Å²) in [5, 5.41) is -0.705. The molecule has 1 nitrogen and oxygen atoms in total. The lowest BCUT2D eigenvalue weighted by Crippen LogP contribution is -2.10. The average Bonchev–Trinajstić information content (AvgIpc) is 2.60. The van der Waals surface area contributed by atoms with Crippen molar-refractivity contribution in [2.75, 3.05) is 0 Å². The number of benzene rings is 2. The first-order valence-corrected chi connectivity index (χ1v) is 8.37. The van der Waals surface area contributed by atoms with Crippen molar-refractivity contribution in [2.24, 2.45) is 0 Å². The van der Waals surface area contributed by atoms with E-state index in [9.17, 15) is 22.4 Å². The molecule has 0 heterocycles. The summed E-state index contributed by atoms with van der Waals surface area (Å²) in [7, 11) is 0. The quantitative estimate of drug-likeness (QED) is 0.343. The second-order valence-corrected chi connectivity index (χ2v) is 6.09. The van der Waals surface area contributed by atoms with Crippen LogP contribution in [0.3, 0.4) is 0 Å². The topological polar surface area (TPSA) is 17.1 Å². The van der Waals surface area contributed by atoms with Gasteiger partial charge in [0, 0.05) is 16.7 Å². The highest BCUT2D eigenvalue weighted by molar-refractivity contribution is 6.67. The highest BCUT2D eigenvalue weighted by atomic mass is 35.5. The molecule has 2 aromatic carbocycles. The maximum Gasteiger partial charge on any atom is 0.252 e. The second kappa shape index (κ2) is 8.48. The lowest BCUT2D eigenvalue weighted by molar-refractivity contribution is 0.108. The van der Waals surface area contributed by atoms with E-state index in [0.717, 1.165) is 0 Å². The smallest absolute Gasteiger partial charge is 0.252 e. The van der Waals surface area contributed by atoms with Gasteiger partial charge in [-0.3, -0.25) is 4.79 Å². The summed E-state index contributed by atoms with van der Waals surface area (Å²) in [6.07, 6.45) is 0.743. The van der Waals surface area contributed by atoms with Gasteiger partial charge in [-0.2, -0.15) is 0 Å². The van der Waals surface area contributed by atoms with E-state index in [4.69, 9.17) is 11.6 Å². The van der Waals surface area contributed by atoms with Gasteiger partial charge in [0.1, 0.15) is 0 Å². The molecule has 0 aliphatic heterocycles. The van der Waals surface area contributed by atoms with E-state index in [0.29, 0.717) is 18.4 Å². The summed E-state index contributed by atoms with van der Waals surface area (Å²) in [5.74, 6) is -5.44. The molecule has 0 saturated heterocycles. The highest BCUT2D eigenvalue weighted by Crippen LogP contribution is 2.27. The van der Waals surface area contributed by atoms with E-state index in [-0.39, 0.29) is 24.8 Å². The van der Waals surface area contributed by atoms with Gasteiger partial charge >= 0.3 is 0 Å². The van der Waals surface area contributed by atoms with Crippen LogP contribution in [0.1, 0.15) is 46.8 Å². The van der Waals surface area contributed by atoms with Gasteiger partial charge in [0.05, 0.1) is 0 Å². The van der Waals surface area contributed by atoms with Crippen LogP contribution in [0, 0.1) is 23.3 Å². The van der Waals surface area contributed by atoms with Crippen molar-refractivity contribution in [3.8, 4) is 0 Å². The van der Waals surface area contributed by atoms with E-state index >= 15 is 0 Å². The molecule has 0 saturated carbocycles. The van der Waals surface area contributed by atoms with Crippen molar-refractivity contribution >= 4 is 16.8 Å². The summed E-state index contributed by atoms with van der Waals surface area (Å²) in [6, 6.07) is 6.29. The van der Waals surface area contributed by atoms with E-state index < -0.39 is 39.6 Å². The molecule has 0 fully saturated rings. The standard InChI is InChI=1S/C19H17ClF4O/c1-2-3-7-13-15(21)17(23)14(18(24)16(13)22)10-9-11-6-4-5-8-12(11)19(20)25/h4-6,8H,2-3,7,9-10H2,1H3. The minimum atomic E-state index is -1.38. The van der Waals surface area contributed by atoms with Crippen molar-refractivity contribution in [2.45, 2.75) is 39.0 Å². The zero-order valence-electron chi connectivity index (χ0n) is 13.6. The van der Waals surface area contributed by atoms with Gasteiger partial charge in [0.25, 0.3) is 5.24 Å². The zero-order valence-corrected chi connectivity index (χ0v) is 14.4. The Morgan fingerprint density at radius 1 is 0.880 bits per heavy atom. The second-order valence-electron chi connectivity index (χ2n) is 5.75. The van der Waals surface area contributed by atoms with Crippen LogP contribution >= 0.6 is 11.6 Å². The Kier molecular flexibility index (Phi) is 6.59. The summed E-state index contributed by atoms with van der Waals surface area (Å²) in [4.78, 5) is 11.4. The van der Waals surface area contributed by atoms with Gasteiger partial charge in [-0.1, -0.05) is 31.5 Å². The zero-order chi connectivity index (χ0) is 18.6. The minimum Gasteiger partial charge on any atom is -0.276 e. The fraction of sp³-hybridized carbons (Fsp3) is 0.316. The van der Waals surface area contributed by atoms with Crippen molar-refractivity contribution in [3.05, 3.63) is 69.8 Å². The van der Waals surface area contributed by atoms with Crippen molar-refractivity contribution in [3.63, 3.8) is 0 Å². The van der Waals surface area contributed by atoms with Gasteiger partial charge in [0.2, 0.25) is 0 Å². The third kappa shape index (κ3) is 4.21. The van der Waals surface area contributed by atoms with Gasteiger partial charge < -0.3 is 0 Å². The van der Waals surface area contributed by atoms with Gasteiger partial charge in [-0.05, 0) is 48.9 Å². The molecule has 0 spiro atoms. The Hall–Kier alpha value is -1.88. The molecule has 2 rings (SSSR count).